The molecule has 1 nitrogen and oxygen atoms in total. The van der Waals surface area contributed by atoms with Crippen LogP contribution in [0.5, 0.6) is 0 Å². The summed E-state index contributed by atoms with van der Waals surface area (Å²) in [7, 11) is 0. The summed E-state index contributed by atoms with van der Waals surface area (Å²) in [5, 5.41) is 5.06. The van der Waals surface area contributed by atoms with E-state index in [0.717, 1.165) is 5.69 Å². The Labute approximate surface area is 201 Å². The molecule has 34 heavy (non-hydrogen) atoms. The summed E-state index contributed by atoms with van der Waals surface area (Å²) in [5.41, 5.74) is 13.0. The van der Waals surface area contributed by atoms with E-state index in [4.69, 9.17) is 5.73 Å². The Kier molecular flexibility index (Phi) is 6.09. The fourth-order valence-corrected chi connectivity index (χ4v) is 4.42. The quantitative estimate of drug-likeness (QED) is 0.269. The topological polar surface area (TPSA) is 26.0 Å². The van der Waals surface area contributed by atoms with Crippen LogP contribution in [0.4, 0.5) is 5.69 Å². The van der Waals surface area contributed by atoms with E-state index >= 15 is 0 Å². The van der Waals surface area contributed by atoms with Crippen molar-refractivity contribution in [3.63, 3.8) is 0 Å². The van der Waals surface area contributed by atoms with Crippen molar-refractivity contribution in [2.24, 2.45) is 0 Å². The molecule has 1 heteroatoms. The normalized spacial score (nSPS) is 10.6. The smallest absolute Gasteiger partial charge is 0.0320 e. The second kappa shape index (κ2) is 9.64. The molecule has 0 fully saturated rings. The van der Waals surface area contributed by atoms with Gasteiger partial charge in [-0.3, -0.25) is 0 Å². The summed E-state index contributed by atoms with van der Waals surface area (Å²) < 4.78 is 0. The third-order valence-electron chi connectivity index (χ3n) is 6.11. The molecule has 0 aliphatic rings. The van der Waals surface area contributed by atoms with E-state index in [-0.39, 0.29) is 0 Å². The van der Waals surface area contributed by atoms with Gasteiger partial charge >= 0.3 is 0 Å². The van der Waals surface area contributed by atoms with Gasteiger partial charge in [0.2, 0.25) is 0 Å². The molecule has 0 aliphatic carbocycles. The zero-order chi connectivity index (χ0) is 23.3. The first-order valence-electron chi connectivity index (χ1n) is 11.6. The summed E-state index contributed by atoms with van der Waals surface area (Å²) in [6.07, 6.45) is 0. The molecular formula is C33H27N. The fraction of sp³-hybridized carbons (Fsp3) is 0.0303. The van der Waals surface area contributed by atoms with Crippen LogP contribution in [0.3, 0.4) is 0 Å². The molecule has 0 aromatic heterocycles. The first-order chi connectivity index (χ1) is 16.7. The van der Waals surface area contributed by atoms with Crippen LogP contribution >= 0.6 is 0 Å². The number of nitrogens with two attached hydrogens (primary N) is 1. The minimum atomic E-state index is 0.806. The lowest BCUT2D eigenvalue weighted by Gasteiger charge is -2.07. The van der Waals surface area contributed by atoms with E-state index in [1.807, 2.05) is 18.2 Å². The highest BCUT2D eigenvalue weighted by Gasteiger charge is 2.04. The number of hydrogen-bond acceptors (Lipinski definition) is 1. The Hall–Kier alpha value is -4.36. The van der Waals surface area contributed by atoms with Crippen molar-refractivity contribution in [2.75, 3.05) is 5.73 Å². The van der Waals surface area contributed by atoms with Gasteiger partial charge in [-0.05, 0) is 62.9 Å². The maximum atomic E-state index is 5.87. The van der Waals surface area contributed by atoms with Gasteiger partial charge in [0.15, 0.2) is 0 Å². The highest BCUT2D eigenvalue weighted by Crippen LogP contribution is 2.30. The molecule has 0 heterocycles. The zero-order valence-corrected chi connectivity index (χ0v) is 19.3. The molecule has 0 radical (unpaired) electrons. The SMILES string of the molecule is Cc1ccc2cccc(-c3ccccc3)c2c1.Nc1ccc2cccc(-c3ccccc3)c2c1. The molecule has 6 aromatic carbocycles. The van der Waals surface area contributed by atoms with Crippen LogP contribution in [0.1, 0.15) is 5.56 Å². The molecule has 0 atom stereocenters. The first-order valence-corrected chi connectivity index (χ1v) is 11.6. The molecule has 0 amide bonds. The molecule has 0 unspecified atom stereocenters. The minimum Gasteiger partial charge on any atom is -0.399 e. The van der Waals surface area contributed by atoms with Crippen LogP contribution in [-0.2, 0) is 0 Å². The monoisotopic (exact) mass is 437 g/mol. The van der Waals surface area contributed by atoms with Crippen LogP contribution in [0.25, 0.3) is 43.8 Å². The number of benzene rings is 6. The van der Waals surface area contributed by atoms with Gasteiger partial charge in [-0.15, -0.1) is 0 Å². The van der Waals surface area contributed by atoms with Crippen molar-refractivity contribution in [1.82, 2.24) is 0 Å². The molecule has 2 N–H and O–H groups in total. The second-order valence-electron chi connectivity index (χ2n) is 8.55. The largest absolute Gasteiger partial charge is 0.399 e. The van der Waals surface area contributed by atoms with Crippen LogP contribution in [0, 0.1) is 6.92 Å². The summed E-state index contributed by atoms with van der Waals surface area (Å²) in [6.45, 7) is 2.14. The summed E-state index contributed by atoms with van der Waals surface area (Å²) >= 11 is 0. The fourth-order valence-electron chi connectivity index (χ4n) is 4.42. The van der Waals surface area contributed by atoms with Gasteiger partial charge in [0.05, 0.1) is 0 Å². The highest BCUT2D eigenvalue weighted by molar-refractivity contribution is 5.98. The number of hydrogen-bond donors (Lipinski definition) is 1. The van der Waals surface area contributed by atoms with Gasteiger partial charge < -0.3 is 5.73 Å². The molecule has 0 saturated carbocycles. The number of rotatable bonds is 2. The standard InChI is InChI=1S/C17H14.C16H13N/c1-13-10-11-15-8-5-9-16(17(15)12-13)14-6-3-2-4-7-14;17-14-10-9-13-7-4-8-15(16(13)11-14)12-5-2-1-3-6-12/h2-12H,1H3;1-11H,17H2. The van der Waals surface area contributed by atoms with Gasteiger partial charge in [0.25, 0.3) is 0 Å². The average molecular weight is 438 g/mol. The van der Waals surface area contributed by atoms with E-state index in [2.05, 4.69) is 122 Å². The number of anilines is 1. The molecule has 164 valence electrons. The third-order valence-corrected chi connectivity index (χ3v) is 6.11. The number of fused-ring (bicyclic) bond motifs is 2. The Morgan fingerprint density at radius 3 is 1.50 bits per heavy atom. The lowest BCUT2D eigenvalue weighted by Crippen LogP contribution is -1.86. The molecule has 0 saturated heterocycles. The van der Waals surface area contributed by atoms with Crippen molar-refractivity contribution in [3.05, 3.63) is 139 Å². The second-order valence-corrected chi connectivity index (χ2v) is 8.55. The van der Waals surface area contributed by atoms with E-state index < -0.39 is 0 Å². The Morgan fingerprint density at radius 1 is 0.441 bits per heavy atom. The molecule has 6 rings (SSSR count). The lowest BCUT2D eigenvalue weighted by molar-refractivity contribution is 1.50. The van der Waals surface area contributed by atoms with Gasteiger partial charge in [-0.2, -0.15) is 0 Å². The van der Waals surface area contributed by atoms with Gasteiger partial charge in [-0.1, -0.05) is 127 Å². The maximum Gasteiger partial charge on any atom is 0.0320 e. The van der Waals surface area contributed by atoms with E-state index in [0.29, 0.717) is 0 Å². The zero-order valence-electron chi connectivity index (χ0n) is 19.3. The molecule has 0 spiro atoms. The van der Waals surface area contributed by atoms with E-state index in [9.17, 15) is 0 Å². The van der Waals surface area contributed by atoms with Crippen molar-refractivity contribution >= 4 is 27.2 Å². The van der Waals surface area contributed by atoms with E-state index in [1.165, 1.54) is 49.4 Å². The molecule has 0 aliphatic heterocycles. The Bertz CT molecular complexity index is 1430. The summed E-state index contributed by atoms with van der Waals surface area (Å²) in [5.74, 6) is 0. The van der Waals surface area contributed by atoms with Crippen molar-refractivity contribution in [1.29, 1.82) is 0 Å². The van der Waals surface area contributed by atoms with Crippen molar-refractivity contribution in [3.8, 4) is 22.3 Å². The Morgan fingerprint density at radius 2 is 0.941 bits per heavy atom. The molecule has 6 aromatic rings. The first kappa shape index (κ1) is 21.5. The van der Waals surface area contributed by atoms with Crippen LogP contribution in [-0.4, -0.2) is 0 Å². The predicted octanol–water partition coefficient (Wildman–Crippen LogP) is 8.90. The van der Waals surface area contributed by atoms with Gasteiger partial charge in [0, 0.05) is 5.69 Å². The van der Waals surface area contributed by atoms with Crippen LogP contribution in [0.2, 0.25) is 0 Å². The van der Waals surface area contributed by atoms with Crippen molar-refractivity contribution < 1.29 is 0 Å². The highest BCUT2D eigenvalue weighted by atomic mass is 14.5. The van der Waals surface area contributed by atoms with Crippen molar-refractivity contribution in [2.45, 2.75) is 6.92 Å². The summed E-state index contributed by atoms with van der Waals surface area (Å²) in [4.78, 5) is 0. The maximum absolute atomic E-state index is 5.87. The Balaban J connectivity index is 0.000000142. The number of aryl methyl sites for hydroxylation is 1. The van der Waals surface area contributed by atoms with Gasteiger partial charge in [-0.25, -0.2) is 0 Å². The number of nitrogen functional groups attached to an aromatic ring is 1. The summed E-state index contributed by atoms with van der Waals surface area (Å²) in [6, 6.07) is 46.4. The van der Waals surface area contributed by atoms with Crippen LogP contribution in [0.15, 0.2) is 133 Å². The predicted molar refractivity (Wildman–Crippen MR) is 148 cm³/mol. The van der Waals surface area contributed by atoms with Gasteiger partial charge in [0.1, 0.15) is 0 Å². The molecule has 0 bridgehead atoms. The third kappa shape index (κ3) is 4.55. The van der Waals surface area contributed by atoms with E-state index in [1.54, 1.807) is 0 Å². The minimum absolute atomic E-state index is 0.806. The lowest BCUT2D eigenvalue weighted by atomic mass is 9.97. The average Bonchev–Trinajstić information content (AvgIpc) is 2.89. The molecular weight excluding hydrogens is 410 g/mol. The van der Waals surface area contributed by atoms with Crippen LogP contribution < -0.4 is 5.73 Å².